The van der Waals surface area contributed by atoms with Crippen molar-refractivity contribution >= 4 is 51.7 Å². The van der Waals surface area contributed by atoms with Gasteiger partial charge in [-0.05, 0) is 29.6 Å². The van der Waals surface area contributed by atoms with E-state index in [1.165, 1.54) is 22.7 Å². The zero-order valence-electron chi connectivity index (χ0n) is 15.8. The van der Waals surface area contributed by atoms with Gasteiger partial charge in [-0.25, -0.2) is 4.98 Å². The number of aromatic nitrogens is 1. The molecule has 4 aromatic rings. The van der Waals surface area contributed by atoms with Crippen molar-refractivity contribution in [1.29, 1.82) is 0 Å². The van der Waals surface area contributed by atoms with Crippen LogP contribution in [-0.2, 0) is 4.79 Å². The maximum absolute atomic E-state index is 12.3. The van der Waals surface area contributed by atoms with Crippen molar-refractivity contribution in [2.45, 2.75) is 12.8 Å². The van der Waals surface area contributed by atoms with Crippen molar-refractivity contribution in [2.75, 3.05) is 5.32 Å². The predicted octanol–water partition coefficient (Wildman–Crippen LogP) is 6.79. The third-order valence-corrected chi connectivity index (χ3v) is 6.54. The number of thiophene rings is 1. The summed E-state index contributed by atoms with van der Waals surface area (Å²) in [5.74, 6) is -0.199. The van der Waals surface area contributed by atoms with Gasteiger partial charge >= 0.3 is 0 Å². The summed E-state index contributed by atoms with van der Waals surface area (Å²) in [6, 6.07) is 18.7. The number of benzene rings is 2. The number of hydrogen-bond donors (Lipinski definition) is 1. The van der Waals surface area contributed by atoms with Gasteiger partial charge in [-0.15, -0.1) is 22.7 Å². The fourth-order valence-electron chi connectivity index (χ4n) is 2.93. The zero-order valence-corrected chi connectivity index (χ0v) is 18.2. The van der Waals surface area contributed by atoms with Gasteiger partial charge in [-0.1, -0.05) is 48.0 Å². The molecule has 4 nitrogen and oxygen atoms in total. The molecule has 0 fully saturated rings. The number of anilines is 1. The van der Waals surface area contributed by atoms with Crippen LogP contribution < -0.4 is 5.32 Å². The van der Waals surface area contributed by atoms with Crippen molar-refractivity contribution in [2.24, 2.45) is 0 Å². The standard InChI is InChI=1S/C23H17ClN2O2S2/c24-18-8-2-1-7-17(18)23-26-19(14-30-23)15-5-3-6-16(13-15)25-22(28)11-10-20(27)21-9-4-12-29-21/h1-9,12-14H,10-11H2,(H,25,28). The summed E-state index contributed by atoms with van der Waals surface area (Å²) in [6.07, 6.45) is 0.341. The van der Waals surface area contributed by atoms with Crippen LogP contribution in [0.5, 0.6) is 0 Å². The third-order valence-electron chi connectivity index (χ3n) is 4.43. The van der Waals surface area contributed by atoms with Crippen LogP contribution in [0.15, 0.2) is 71.4 Å². The molecule has 2 heterocycles. The third kappa shape index (κ3) is 4.84. The lowest BCUT2D eigenvalue weighted by atomic mass is 10.1. The molecule has 4 rings (SSSR count). The Balaban J connectivity index is 1.42. The molecular weight excluding hydrogens is 436 g/mol. The predicted molar refractivity (Wildman–Crippen MR) is 125 cm³/mol. The van der Waals surface area contributed by atoms with E-state index in [1.54, 1.807) is 6.07 Å². The fourth-order valence-corrected chi connectivity index (χ4v) is 4.78. The van der Waals surface area contributed by atoms with Crippen LogP contribution in [0.2, 0.25) is 5.02 Å². The summed E-state index contributed by atoms with van der Waals surface area (Å²) in [4.78, 5) is 29.7. The number of halogens is 1. The minimum atomic E-state index is -0.188. The Morgan fingerprint density at radius 3 is 2.63 bits per heavy atom. The highest BCUT2D eigenvalue weighted by atomic mass is 35.5. The molecule has 0 unspecified atom stereocenters. The average Bonchev–Trinajstić information content (AvgIpc) is 3.45. The first kappa shape index (κ1) is 20.5. The van der Waals surface area contributed by atoms with E-state index >= 15 is 0 Å². The number of carbonyl (C=O) groups is 2. The van der Waals surface area contributed by atoms with Gasteiger partial charge in [-0.3, -0.25) is 9.59 Å². The van der Waals surface area contributed by atoms with Crippen LogP contribution in [0, 0.1) is 0 Å². The van der Waals surface area contributed by atoms with E-state index in [0.717, 1.165) is 21.8 Å². The summed E-state index contributed by atoms with van der Waals surface area (Å²) in [6.45, 7) is 0. The van der Waals surface area contributed by atoms with E-state index in [1.807, 2.05) is 65.4 Å². The van der Waals surface area contributed by atoms with E-state index in [9.17, 15) is 9.59 Å². The van der Waals surface area contributed by atoms with Gasteiger partial charge in [0.15, 0.2) is 5.78 Å². The number of nitrogens with zero attached hydrogens (tertiary/aromatic N) is 1. The Morgan fingerprint density at radius 2 is 1.83 bits per heavy atom. The second-order valence-corrected chi connectivity index (χ2v) is 8.76. The molecule has 0 bridgehead atoms. The lowest BCUT2D eigenvalue weighted by Gasteiger charge is -2.06. The highest BCUT2D eigenvalue weighted by Gasteiger charge is 2.12. The number of amides is 1. The largest absolute Gasteiger partial charge is 0.326 e. The number of rotatable bonds is 7. The smallest absolute Gasteiger partial charge is 0.224 e. The number of nitrogens with one attached hydrogen (secondary N) is 1. The van der Waals surface area contributed by atoms with Crippen molar-refractivity contribution in [3.8, 4) is 21.8 Å². The summed E-state index contributed by atoms with van der Waals surface area (Å²) in [7, 11) is 0. The Bertz CT molecular complexity index is 1190. The first-order valence-corrected chi connectivity index (χ1v) is 11.4. The Hall–Kier alpha value is -2.80. The zero-order chi connectivity index (χ0) is 20.9. The van der Waals surface area contributed by atoms with E-state index < -0.39 is 0 Å². The molecule has 0 radical (unpaired) electrons. The lowest BCUT2D eigenvalue weighted by molar-refractivity contribution is -0.116. The molecule has 2 aromatic heterocycles. The molecule has 0 aliphatic heterocycles. The highest BCUT2D eigenvalue weighted by molar-refractivity contribution is 7.13. The fraction of sp³-hybridized carbons (Fsp3) is 0.0870. The number of ketones is 1. The van der Waals surface area contributed by atoms with Crippen LogP contribution in [0.4, 0.5) is 5.69 Å². The van der Waals surface area contributed by atoms with Crippen LogP contribution in [0.3, 0.4) is 0 Å². The first-order chi connectivity index (χ1) is 14.6. The molecule has 150 valence electrons. The number of hydrogen-bond acceptors (Lipinski definition) is 5. The molecule has 1 amide bonds. The summed E-state index contributed by atoms with van der Waals surface area (Å²) in [5.41, 5.74) is 3.29. The van der Waals surface area contributed by atoms with Crippen molar-refractivity contribution in [1.82, 2.24) is 4.98 Å². The van der Waals surface area contributed by atoms with Crippen LogP contribution >= 0.6 is 34.3 Å². The van der Waals surface area contributed by atoms with Gasteiger partial charge in [0.2, 0.25) is 5.91 Å². The molecule has 30 heavy (non-hydrogen) atoms. The average molecular weight is 453 g/mol. The Morgan fingerprint density at radius 1 is 0.967 bits per heavy atom. The molecule has 0 aliphatic rings. The molecular formula is C23H17ClN2O2S2. The van der Waals surface area contributed by atoms with Gasteiger partial charge in [0.25, 0.3) is 0 Å². The molecule has 0 spiro atoms. The van der Waals surface area contributed by atoms with Gasteiger partial charge < -0.3 is 5.32 Å². The topological polar surface area (TPSA) is 59.1 Å². The van der Waals surface area contributed by atoms with Crippen LogP contribution in [0.1, 0.15) is 22.5 Å². The van der Waals surface area contributed by atoms with E-state index in [0.29, 0.717) is 15.6 Å². The summed E-state index contributed by atoms with van der Waals surface area (Å²) in [5, 5.41) is 8.20. The van der Waals surface area contributed by atoms with Crippen LogP contribution in [-0.4, -0.2) is 16.7 Å². The van der Waals surface area contributed by atoms with Gasteiger partial charge in [0.1, 0.15) is 5.01 Å². The molecule has 0 saturated heterocycles. The van der Waals surface area contributed by atoms with Crippen LogP contribution in [0.25, 0.3) is 21.8 Å². The van der Waals surface area contributed by atoms with Gasteiger partial charge in [0, 0.05) is 35.0 Å². The van der Waals surface area contributed by atoms with Crippen molar-refractivity contribution in [3.05, 3.63) is 81.3 Å². The van der Waals surface area contributed by atoms with Gasteiger partial charge in [-0.2, -0.15) is 0 Å². The van der Waals surface area contributed by atoms with E-state index in [2.05, 4.69) is 5.32 Å². The maximum atomic E-state index is 12.3. The molecule has 7 heteroatoms. The lowest BCUT2D eigenvalue weighted by Crippen LogP contribution is -2.13. The summed E-state index contributed by atoms with van der Waals surface area (Å²) < 4.78 is 0. The van der Waals surface area contributed by atoms with Crippen molar-refractivity contribution in [3.63, 3.8) is 0 Å². The molecule has 1 N–H and O–H groups in total. The van der Waals surface area contributed by atoms with Crippen molar-refractivity contribution < 1.29 is 9.59 Å². The molecule has 2 aromatic carbocycles. The normalized spacial score (nSPS) is 10.7. The van der Waals surface area contributed by atoms with E-state index in [4.69, 9.17) is 16.6 Å². The minimum absolute atomic E-state index is 0.0107. The monoisotopic (exact) mass is 452 g/mol. The Labute approximate surface area is 187 Å². The minimum Gasteiger partial charge on any atom is -0.326 e. The molecule has 0 atom stereocenters. The number of Topliss-reactive ketones (excluding diaryl/α,β-unsaturated/α-hetero) is 1. The molecule has 0 aliphatic carbocycles. The van der Waals surface area contributed by atoms with Gasteiger partial charge in [0.05, 0.1) is 15.6 Å². The first-order valence-electron chi connectivity index (χ1n) is 9.27. The summed E-state index contributed by atoms with van der Waals surface area (Å²) >= 11 is 9.19. The highest BCUT2D eigenvalue weighted by Crippen LogP contribution is 2.33. The quantitative estimate of drug-likeness (QED) is 0.314. The second kappa shape index (κ2) is 9.34. The second-order valence-electron chi connectivity index (χ2n) is 6.55. The number of thiazole rings is 1. The molecule has 0 saturated carbocycles. The Kier molecular flexibility index (Phi) is 6.38. The maximum Gasteiger partial charge on any atom is 0.224 e. The SMILES string of the molecule is O=C(CCC(=O)c1cccs1)Nc1cccc(-c2csc(-c3ccccc3Cl)n2)c1. The van der Waals surface area contributed by atoms with E-state index in [-0.39, 0.29) is 24.5 Å². The number of carbonyl (C=O) groups excluding carboxylic acids is 2.